The van der Waals surface area contributed by atoms with Gasteiger partial charge in [0.05, 0.1) is 23.2 Å². The Morgan fingerprint density at radius 3 is 2.00 bits per heavy atom. The lowest BCUT2D eigenvalue weighted by molar-refractivity contribution is -0.688. The van der Waals surface area contributed by atoms with Gasteiger partial charge in [-0.25, -0.2) is 8.96 Å². The number of halogens is 1. The number of nitrogens with zero attached hydrogens (tertiary/aromatic N) is 2. The van der Waals surface area contributed by atoms with Gasteiger partial charge in [0.25, 0.3) is 11.8 Å². The molecule has 3 aromatic rings. The Balaban J connectivity index is 1.50. The maximum atomic E-state index is 13.7. The summed E-state index contributed by atoms with van der Waals surface area (Å²) in [4.78, 5) is 26.1. The van der Waals surface area contributed by atoms with Crippen molar-refractivity contribution in [2.45, 2.75) is 13.1 Å². The van der Waals surface area contributed by atoms with Gasteiger partial charge in [-0.05, 0) is 29.8 Å². The molecule has 1 aliphatic heterocycles. The maximum Gasteiger partial charge on any atom is 0.261 e. The van der Waals surface area contributed by atoms with E-state index in [1.807, 2.05) is 29.1 Å². The minimum Gasteiger partial charge on any atom is -0.270 e. The van der Waals surface area contributed by atoms with Crippen LogP contribution in [0.5, 0.6) is 0 Å². The summed E-state index contributed by atoms with van der Waals surface area (Å²) < 4.78 is 15.6. The first-order valence-corrected chi connectivity index (χ1v) is 8.30. The van der Waals surface area contributed by atoms with Crippen molar-refractivity contribution in [2.24, 2.45) is 0 Å². The van der Waals surface area contributed by atoms with Gasteiger partial charge in [0.1, 0.15) is 5.82 Å². The van der Waals surface area contributed by atoms with E-state index in [-0.39, 0.29) is 24.2 Å². The number of pyridine rings is 1. The van der Waals surface area contributed by atoms with Crippen LogP contribution in [0.25, 0.3) is 0 Å². The van der Waals surface area contributed by atoms with Crippen molar-refractivity contribution in [2.75, 3.05) is 0 Å². The molecule has 0 N–H and O–H groups in total. The lowest BCUT2D eigenvalue weighted by Crippen LogP contribution is -2.34. The fourth-order valence-electron chi connectivity index (χ4n) is 3.09. The predicted molar refractivity (Wildman–Crippen MR) is 92.8 cm³/mol. The van der Waals surface area contributed by atoms with Gasteiger partial charge in [-0.2, -0.15) is 0 Å². The van der Waals surface area contributed by atoms with Crippen molar-refractivity contribution in [3.05, 3.63) is 101 Å². The van der Waals surface area contributed by atoms with E-state index in [1.54, 1.807) is 42.5 Å². The first-order chi connectivity index (χ1) is 12.6. The molecule has 0 spiro atoms. The zero-order valence-corrected chi connectivity index (χ0v) is 13.9. The molecular formula is C21H16FN2O2+. The molecular weight excluding hydrogens is 331 g/mol. The summed E-state index contributed by atoms with van der Waals surface area (Å²) in [6.45, 7) is 0.632. The molecule has 0 fully saturated rings. The first kappa shape index (κ1) is 16.1. The molecule has 26 heavy (non-hydrogen) atoms. The zero-order chi connectivity index (χ0) is 18.1. The van der Waals surface area contributed by atoms with Crippen molar-refractivity contribution in [1.29, 1.82) is 0 Å². The van der Waals surface area contributed by atoms with Crippen LogP contribution in [0.15, 0.2) is 73.1 Å². The minimum atomic E-state index is -0.270. The quantitative estimate of drug-likeness (QED) is 0.538. The number of benzene rings is 2. The molecule has 4 rings (SSSR count). The van der Waals surface area contributed by atoms with E-state index in [0.29, 0.717) is 23.2 Å². The second-order valence-electron chi connectivity index (χ2n) is 6.21. The molecule has 0 aliphatic carbocycles. The molecule has 0 saturated heterocycles. The second kappa shape index (κ2) is 6.52. The number of rotatable bonds is 4. The lowest BCUT2D eigenvalue weighted by atomic mass is 10.1. The van der Waals surface area contributed by atoms with E-state index in [9.17, 15) is 14.0 Å². The zero-order valence-electron chi connectivity index (χ0n) is 13.9. The molecule has 0 unspecified atom stereocenters. The van der Waals surface area contributed by atoms with Crippen molar-refractivity contribution in [3.8, 4) is 0 Å². The summed E-state index contributed by atoms with van der Waals surface area (Å²) in [5, 5.41) is 0. The van der Waals surface area contributed by atoms with Crippen LogP contribution in [0.4, 0.5) is 4.39 Å². The number of carbonyl (C=O) groups is 2. The molecule has 4 nitrogen and oxygen atoms in total. The van der Waals surface area contributed by atoms with Crippen LogP contribution in [0.1, 0.15) is 31.8 Å². The van der Waals surface area contributed by atoms with Gasteiger partial charge < -0.3 is 0 Å². The number of hydrogen-bond acceptors (Lipinski definition) is 2. The summed E-state index contributed by atoms with van der Waals surface area (Å²) in [5.41, 5.74) is 2.33. The third-order valence-electron chi connectivity index (χ3n) is 4.49. The maximum absolute atomic E-state index is 13.7. The van der Waals surface area contributed by atoms with Gasteiger partial charge in [0, 0.05) is 12.1 Å². The normalized spacial score (nSPS) is 13.2. The minimum absolute atomic E-state index is 0.215. The van der Waals surface area contributed by atoms with Crippen LogP contribution in [0.2, 0.25) is 0 Å². The standard InChI is InChI=1S/C21H16FN2O2/c22-19-8-4-1-5-16(19)14-23-11-9-15(10-12-23)13-24-20(25)17-6-2-3-7-18(17)21(24)26/h1-12H,13-14H2/q+1. The van der Waals surface area contributed by atoms with E-state index in [4.69, 9.17) is 0 Å². The van der Waals surface area contributed by atoms with Crippen LogP contribution in [-0.2, 0) is 13.1 Å². The largest absolute Gasteiger partial charge is 0.270 e. The molecule has 5 heteroatoms. The number of hydrogen-bond donors (Lipinski definition) is 0. The summed E-state index contributed by atoms with van der Waals surface area (Å²) in [5.74, 6) is -0.780. The van der Waals surface area contributed by atoms with Crippen LogP contribution < -0.4 is 4.57 Å². The van der Waals surface area contributed by atoms with Gasteiger partial charge in [-0.3, -0.25) is 14.5 Å². The topological polar surface area (TPSA) is 41.3 Å². The van der Waals surface area contributed by atoms with Crippen molar-refractivity contribution in [3.63, 3.8) is 0 Å². The molecule has 0 radical (unpaired) electrons. The fraction of sp³-hybridized carbons (Fsp3) is 0.0952. The Morgan fingerprint density at radius 2 is 1.38 bits per heavy atom. The molecule has 0 bridgehead atoms. The molecule has 2 aromatic carbocycles. The summed E-state index contributed by atoms with van der Waals surface area (Å²) >= 11 is 0. The number of amides is 2. The van der Waals surface area contributed by atoms with E-state index in [2.05, 4.69) is 0 Å². The van der Waals surface area contributed by atoms with E-state index < -0.39 is 0 Å². The predicted octanol–water partition coefficient (Wildman–Crippen LogP) is 2.96. The van der Waals surface area contributed by atoms with Gasteiger partial charge in [0.2, 0.25) is 0 Å². The van der Waals surface area contributed by atoms with Gasteiger partial charge >= 0.3 is 0 Å². The molecule has 2 amide bonds. The van der Waals surface area contributed by atoms with Crippen LogP contribution in [-0.4, -0.2) is 16.7 Å². The van der Waals surface area contributed by atoms with E-state index in [1.165, 1.54) is 11.0 Å². The average Bonchev–Trinajstić information content (AvgIpc) is 2.90. The summed E-state index contributed by atoms with van der Waals surface area (Å²) in [7, 11) is 0. The average molecular weight is 347 g/mol. The Bertz CT molecular complexity index is 964. The molecule has 1 aromatic heterocycles. The van der Waals surface area contributed by atoms with Crippen LogP contribution in [0.3, 0.4) is 0 Å². The SMILES string of the molecule is O=C1c2ccccc2C(=O)N1Cc1cc[n+](Cc2ccccc2F)cc1. The third kappa shape index (κ3) is 2.88. The van der Waals surface area contributed by atoms with Gasteiger partial charge in [0.15, 0.2) is 18.9 Å². The highest BCUT2D eigenvalue weighted by atomic mass is 19.1. The van der Waals surface area contributed by atoms with Crippen molar-refractivity contribution in [1.82, 2.24) is 4.90 Å². The number of imide groups is 1. The Hall–Kier alpha value is -3.34. The highest BCUT2D eigenvalue weighted by Crippen LogP contribution is 2.23. The van der Waals surface area contributed by atoms with Crippen molar-refractivity contribution >= 4 is 11.8 Å². The fourth-order valence-corrected chi connectivity index (χ4v) is 3.09. The summed E-state index contributed by atoms with van der Waals surface area (Å²) in [6, 6.07) is 17.2. The number of aromatic nitrogens is 1. The van der Waals surface area contributed by atoms with E-state index in [0.717, 1.165) is 5.56 Å². The first-order valence-electron chi connectivity index (χ1n) is 8.30. The molecule has 128 valence electrons. The van der Waals surface area contributed by atoms with Crippen LogP contribution >= 0.6 is 0 Å². The third-order valence-corrected chi connectivity index (χ3v) is 4.49. The second-order valence-corrected chi connectivity index (χ2v) is 6.21. The lowest BCUT2D eigenvalue weighted by Gasteiger charge is -2.13. The Kier molecular flexibility index (Phi) is 4.05. The molecule has 0 saturated carbocycles. The van der Waals surface area contributed by atoms with Crippen molar-refractivity contribution < 1.29 is 18.5 Å². The number of fused-ring (bicyclic) bond motifs is 1. The monoisotopic (exact) mass is 347 g/mol. The molecule has 0 atom stereocenters. The van der Waals surface area contributed by atoms with Crippen LogP contribution in [0, 0.1) is 5.82 Å². The Morgan fingerprint density at radius 1 is 0.808 bits per heavy atom. The van der Waals surface area contributed by atoms with E-state index >= 15 is 0 Å². The molecule has 1 aliphatic rings. The molecule has 2 heterocycles. The highest BCUT2D eigenvalue weighted by Gasteiger charge is 2.34. The number of carbonyl (C=O) groups excluding carboxylic acids is 2. The van der Waals surface area contributed by atoms with Gasteiger partial charge in [-0.15, -0.1) is 0 Å². The smallest absolute Gasteiger partial charge is 0.261 e. The van der Waals surface area contributed by atoms with Gasteiger partial charge in [-0.1, -0.05) is 24.3 Å². The highest BCUT2D eigenvalue weighted by molar-refractivity contribution is 6.21. The Labute approximate surface area is 150 Å². The summed E-state index contributed by atoms with van der Waals surface area (Å²) in [6.07, 6.45) is 3.64.